The van der Waals surface area contributed by atoms with Gasteiger partial charge in [0.05, 0.1) is 6.42 Å². The van der Waals surface area contributed by atoms with Gasteiger partial charge in [0.2, 0.25) is 5.91 Å². The lowest BCUT2D eigenvalue weighted by atomic mass is 9.85. The van der Waals surface area contributed by atoms with Gasteiger partial charge in [0, 0.05) is 18.5 Å². The van der Waals surface area contributed by atoms with Crippen molar-refractivity contribution >= 4 is 18.3 Å². The quantitative estimate of drug-likeness (QED) is 0.827. The molecule has 1 rings (SSSR count). The van der Waals surface area contributed by atoms with Gasteiger partial charge in [-0.1, -0.05) is 6.42 Å². The van der Waals surface area contributed by atoms with E-state index in [0.29, 0.717) is 6.42 Å². The van der Waals surface area contributed by atoms with Crippen LogP contribution in [-0.2, 0) is 4.79 Å². The molecule has 0 aliphatic heterocycles. The summed E-state index contributed by atoms with van der Waals surface area (Å²) in [6, 6.07) is 0.00659. The highest BCUT2D eigenvalue weighted by Crippen LogP contribution is 2.23. The summed E-state index contributed by atoms with van der Waals surface area (Å²) in [5, 5.41) is 2.31. The largest absolute Gasteiger partial charge is 0.390 e. The minimum Gasteiger partial charge on any atom is -0.356 e. The zero-order chi connectivity index (χ0) is 12.2. The van der Waals surface area contributed by atoms with Gasteiger partial charge in [0.1, 0.15) is 0 Å². The maximum Gasteiger partial charge on any atom is 0.390 e. The molecule has 0 bridgehead atoms. The van der Waals surface area contributed by atoms with Gasteiger partial charge in [-0.3, -0.25) is 4.79 Å². The summed E-state index contributed by atoms with van der Waals surface area (Å²) in [4.78, 5) is 11.5. The van der Waals surface area contributed by atoms with Crippen LogP contribution in [0, 0.1) is 5.92 Å². The second-order valence-electron chi connectivity index (χ2n) is 4.28. The van der Waals surface area contributed by atoms with Crippen molar-refractivity contribution in [1.82, 2.24) is 5.32 Å². The lowest BCUT2D eigenvalue weighted by Crippen LogP contribution is -2.38. The Morgan fingerprint density at radius 1 is 1.35 bits per heavy atom. The van der Waals surface area contributed by atoms with Crippen LogP contribution in [0.4, 0.5) is 13.2 Å². The molecule has 102 valence electrons. The van der Waals surface area contributed by atoms with E-state index in [1.54, 1.807) is 0 Å². The van der Waals surface area contributed by atoms with Crippen molar-refractivity contribution in [2.45, 2.75) is 44.3 Å². The number of nitrogens with one attached hydrogen (secondary N) is 1. The Morgan fingerprint density at radius 2 is 2.00 bits per heavy atom. The van der Waals surface area contributed by atoms with Gasteiger partial charge < -0.3 is 11.1 Å². The first-order valence-corrected chi connectivity index (χ1v) is 5.48. The van der Waals surface area contributed by atoms with Crippen LogP contribution in [0.3, 0.4) is 0 Å². The fourth-order valence-corrected chi connectivity index (χ4v) is 1.94. The number of carbonyl (C=O) groups is 1. The lowest BCUT2D eigenvalue weighted by Gasteiger charge is -2.25. The van der Waals surface area contributed by atoms with E-state index in [-0.39, 0.29) is 36.8 Å². The van der Waals surface area contributed by atoms with E-state index in [1.807, 2.05) is 0 Å². The molecular formula is C10H18ClF3N2O. The number of halogens is 4. The zero-order valence-corrected chi connectivity index (χ0v) is 10.2. The van der Waals surface area contributed by atoms with Crippen LogP contribution < -0.4 is 11.1 Å². The Kier molecular flexibility index (Phi) is 6.85. The molecule has 1 saturated carbocycles. The second kappa shape index (κ2) is 7.06. The zero-order valence-electron chi connectivity index (χ0n) is 9.43. The Labute approximate surface area is 105 Å². The third-order valence-electron chi connectivity index (χ3n) is 2.79. The monoisotopic (exact) mass is 274 g/mol. The summed E-state index contributed by atoms with van der Waals surface area (Å²) < 4.78 is 35.5. The molecule has 2 unspecified atom stereocenters. The number of hydrogen-bond donors (Lipinski definition) is 2. The molecule has 1 fully saturated rings. The summed E-state index contributed by atoms with van der Waals surface area (Å²) in [5.74, 6) is -0.503. The number of carbonyl (C=O) groups excluding carboxylic acids is 1. The molecule has 7 heteroatoms. The number of amides is 1. The number of nitrogens with two attached hydrogens (primary N) is 1. The van der Waals surface area contributed by atoms with Crippen molar-refractivity contribution in [3.05, 3.63) is 0 Å². The van der Waals surface area contributed by atoms with Crippen LogP contribution >= 0.6 is 12.4 Å². The Hall–Kier alpha value is -0.490. The van der Waals surface area contributed by atoms with Crippen molar-refractivity contribution < 1.29 is 18.0 Å². The summed E-state index contributed by atoms with van der Waals surface area (Å²) in [6.45, 7) is -0.339. The molecule has 1 aliphatic carbocycles. The topological polar surface area (TPSA) is 55.1 Å². The van der Waals surface area contributed by atoms with E-state index >= 15 is 0 Å². The molecule has 0 aromatic carbocycles. The third kappa shape index (κ3) is 6.73. The van der Waals surface area contributed by atoms with E-state index in [9.17, 15) is 18.0 Å². The van der Waals surface area contributed by atoms with Crippen LogP contribution in [0.5, 0.6) is 0 Å². The number of rotatable bonds is 3. The van der Waals surface area contributed by atoms with E-state index in [0.717, 1.165) is 19.3 Å². The number of alkyl halides is 3. The van der Waals surface area contributed by atoms with Crippen molar-refractivity contribution in [3.63, 3.8) is 0 Å². The normalized spacial score (nSPS) is 24.9. The Morgan fingerprint density at radius 3 is 2.53 bits per heavy atom. The maximum atomic E-state index is 11.8. The van der Waals surface area contributed by atoms with Crippen LogP contribution in [0.1, 0.15) is 32.1 Å². The molecule has 2 atom stereocenters. The fourth-order valence-electron chi connectivity index (χ4n) is 1.94. The van der Waals surface area contributed by atoms with E-state index < -0.39 is 12.6 Å². The minimum atomic E-state index is -4.21. The molecule has 0 heterocycles. The highest BCUT2D eigenvalue weighted by atomic mass is 35.5. The van der Waals surface area contributed by atoms with Crippen molar-refractivity contribution in [2.75, 3.05) is 6.54 Å². The fraction of sp³-hybridized carbons (Fsp3) is 0.900. The molecule has 3 N–H and O–H groups in total. The molecule has 3 nitrogen and oxygen atoms in total. The minimum absolute atomic E-state index is 0. The molecule has 0 saturated heterocycles. The Balaban J connectivity index is 0.00000256. The number of hydrogen-bond acceptors (Lipinski definition) is 2. The molecule has 0 radical (unpaired) electrons. The van der Waals surface area contributed by atoms with E-state index in [4.69, 9.17) is 5.73 Å². The predicted molar refractivity (Wildman–Crippen MR) is 60.9 cm³/mol. The summed E-state index contributed by atoms with van der Waals surface area (Å²) in [7, 11) is 0. The average molecular weight is 275 g/mol. The maximum absolute atomic E-state index is 11.8. The van der Waals surface area contributed by atoms with Crippen LogP contribution in [0.25, 0.3) is 0 Å². The van der Waals surface area contributed by atoms with Gasteiger partial charge in [0.25, 0.3) is 0 Å². The van der Waals surface area contributed by atoms with Gasteiger partial charge in [0.15, 0.2) is 0 Å². The van der Waals surface area contributed by atoms with Gasteiger partial charge >= 0.3 is 6.18 Å². The molecule has 17 heavy (non-hydrogen) atoms. The second-order valence-corrected chi connectivity index (χ2v) is 4.28. The molecule has 1 aliphatic rings. The average Bonchev–Trinajstić information content (AvgIpc) is 2.15. The summed E-state index contributed by atoms with van der Waals surface area (Å²) >= 11 is 0. The summed E-state index contributed by atoms with van der Waals surface area (Å²) in [6.07, 6.45) is -2.11. The summed E-state index contributed by atoms with van der Waals surface area (Å²) in [5.41, 5.74) is 5.70. The van der Waals surface area contributed by atoms with E-state index in [2.05, 4.69) is 5.32 Å². The molecule has 1 amide bonds. The molecule has 0 aromatic heterocycles. The first kappa shape index (κ1) is 16.5. The van der Waals surface area contributed by atoms with Gasteiger partial charge in [-0.25, -0.2) is 0 Å². The first-order chi connectivity index (χ1) is 7.38. The van der Waals surface area contributed by atoms with Crippen molar-refractivity contribution in [3.8, 4) is 0 Å². The third-order valence-corrected chi connectivity index (χ3v) is 2.79. The Bertz CT molecular complexity index is 248. The highest BCUT2D eigenvalue weighted by Gasteiger charge is 2.28. The standard InChI is InChI=1S/C10H17F3N2O.ClH/c11-10(12,13)4-5-15-9(16)7-2-1-3-8(14)6-7;/h7-8H,1-6,14H2,(H,15,16);1H. The molecule has 0 aromatic rings. The SMILES string of the molecule is Cl.NC1CCCC(C(=O)NCCC(F)(F)F)C1. The first-order valence-electron chi connectivity index (χ1n) is 5.48. The van der Waals surface area contributed by atoms with Gasteiger partial charge in [-0.15, -0.1) is 12.4 Å². The predicted octanol–water partition coefficient (Wildman–Crippen LogP) is 1.99. The van der Waals surface area contributed by atoms with Gasteiger partial charge in [-0.2, -0.15) is 13.2 Å². The van der Waals surface area contributed by atoms with Gasteiger partial charge in [-0.05, 0) is 19.3 Å². The van der Waals surface area contributed by atoms with Crippen LogP contribution in [0.2, 0.25) is 0 Å². The van der Waals surface area contributed by atoms with Crippen LogP contribution in [-0.4, -0.2) is 24.7 Å². The van der Waals surface area contributed by atoms with E-state index in [1.165, 1.54) is 0 Å². The van der Waals surface area contributed by atoms with Crippen LogP contribution in [0.15, 0.2) is 0 Å². The van der Waals surface area contributed by atoms with Crippen molar-refractivity contribution in [1.29, 1.82) is 0 Å². The van der Waals surface area contributed by atoms with Crippen molar-refractivity contribution in [2.24, 2.45) is 11.7 Å². The molecule has 0 spiro atoms. The lowest BCUT2D eigenvalue weighted by molar-refractivity contribution is -0.136. The smallest absolute Gasteiger partial charge is 0.356 e. The molecular weight excluding hydrogens is 257 g/mol. The highest BCUT2D eigenvalue weighted by molar-refractivity contribution is 5.85.